The third-order valence-electron chi connectivity index (χ3n) is 5.23. The summed E-state index contributed by atoms with van der Waals surface area (Å²) in [5.74, 6) is 1.50. The summed E-state index contributed by atoms with van der Waals surface area (Å²) in [5.41, 5.74) is 2.39. The molecular weight excluding hydrogens is 322 g/mol. The van der Waals surface area contributed by atoms with Crippen molar-refractivity contribution in [3.8, 4) is 5.88 Å². The Labute approximate surface area is 154 Å². The van der Waals surface area contributed by atoms with Crippen LogP contribution in [0.2, 0.25) is 0 Å². The standard InChI is InChI=1S/C22H25N3O/c1-2-6-18(7-3-1)16-19-10-12-25(13-11-19)14-15-26-22-20-8-4-5-9-21(20)23-17-24-22/h1-9,17,19H,10-16H2. The van der Waals surface area contributed by atoms with Crippen LogP contribution in [0.25, 0.3) is 10.9 Å². The first-order valence-electron chi connectivity index (χ1n) is 9.47. The fourth-order valence-electron chi connectivity index (χ4n) is 3.73. The van der Waals surface area contributed by atoms with Crippen molar-refractivity contribution in [1.29, 1.82) is 0 Å². The number of ether oxygens (including phenoxy) is 1. The normalized spacial score (nSPS) is 16.0. The molecule has 0 amide bonds. The van der Waals surface area contributed by atoms with Crippen LogP contribution >= 0.6 is 0 Å². The van der Waals surface area contributed by atoms with Gasteiger partial charge in [-0.05, 0) is 56.0 Å². The summed E-state index contributed by atoms with van der Waals surface area (Å²) in [7, 11) is 0. The van der Waals surface area contributed by atoms with Gasteiger partial charge in [0.05, 0.1) is 10.9 Å². The van der Waals surface area contributed by atoms with Gasteiger partial charge in [-0.2, -0.15) is 0 Å². The molecule has 0 atom stereocenters. The van der Waals surface area contributed by atoms with Crippen molar-refractivity contribution in [2.45, 2.75) is 19.3 Å². The van der Waals surface area contributed by atoms with E-state index >= 15 is 0 Å². The summed E-state index contributed by atoms with van der Waals surface area (Å²) in [6, 6.07) is 18.8. The number of rotatable bonds is 6. The fraction of sp³-hybridized carbons (Fsp3) is 0.364. The highest BCUT2D eigenvalue weighted by molar-refractivity contribution is 5.82. The average Bonchev–Trinajstić information content (AvgIpc) is 2.70. The highest BCUT2D eigenvalue weighted by Crippen LogP contribution is 2.22. The minimum absolute atomic E-state index is 0.671. The zero-order chi connectivity index (χ0) is 17.6. The number of aromatic nitrogens is 2. The van der Waals surface area contributed by atoms with E-state index in [1.54, 1.807) is 6.33 Å². The maximum atomic E-state index is 5.95. The average molecular weight is 347 g/mol. The molecule has 26 heavy (non-hydrogen) atoms. The Morgan fingerprint density at radius 2 is 1.69 bits per heavy atom. The van der Waals surface area contributed by atoms with Crippen LogP contribution < -0.4 is 4.74 Å². The Kier molecular flexibility index (Phi) is 5.41. The van der Waals surface area contributed by atoms with Crippen molar-refractivity contribution >= 4 is 10.9 Å². The predicted molar refractivity (Wildman–Crippen MR) is 104 cm³/mol. The Balaban J connectivity index is 1.24. The van der Waals surface area contributed by atoms with Crippen LogP contribution in [0.3, 0.4) is 0 Å². The van der Waals surface area contributed by atoms with Crippen LogP contribution in [0.1, 0.15) is 18.4 Å². The zero-order valence-corrected chi connectivity index (χ0v) is 15.1. The maximum Gasteiger partial charge on any atom is 0.224 e. The van der Waals surface area contributed by atoms with Gasteiger partial charge in [0.1, 0.15) is 12.9 Å². The smallest absolute Gasteiger partial charge is 0.224 e. The van der Waals surface area contributed by atoms with Crippen LogP contribution in [-0.2, 0) is 6.42 Å². The van der Waals surface area contributed by atoms with Crippen LogP contribution in [-0.4, -0.2) is 41.1 Å². The Morgan fingerprint density at radius 3 is 2.54 bits per heavy atom. The van der Waals surface area contributed by atoms with Gasteiger partial charge in [-0.3, -0.25) is 4.90 Å². The molecule has 0 aliphatic carbocycles. The van der Waals surface area contributed by atoms with Gasteiger partial charge in [-0.25, -0.2) is 9.97 Å². The van der Waals surface area contributed by atoms with E-state index in [1.807, 2.05) is 24.3 Å². The van der Waals surface area contributed by atoms with Gasteiger partial charge in [0, 0.05) is 6.54 Å². The van der Waals surface area contributed by atoms with E-state index in [0.29, 0.717) is 12.5 Å². The molecule has 0 saturated carbocycles. The van der Waals surface area contributed by atoms with Crippen molar-refractivity contribution in [2.75, 3.05) is 26.2 Å². The SMILES string of the molecule is c1ccc(CC2CCN(CCOc3ncnc4ccccc34)CC2)cc1. The van der Waals surface area contributed by atoms with Gasteiger partial charge in [-0.1, -0.05) is 42.5 Å². The fourth-order valence-corrected chi connectivity index (χ4v) is 3.73. The van der Waals surface area contributed by atoms with Gasteiger partial charge < -0.3 is 4.74 Å². The van der Waals surface area contributed by atoms with Crippen LogP contribution in [0, 0.1) is 5.92 Å². The third-order valence-corrected chi connectivity index (χ3v) is 5.23. The number of likely N-dealkylation sites (tertiary alicyclic amines) is 1. The third kappa shape index (κ3) is 4.20. The number of nitrogens with zero attached hydrogens (tertiary/aromatic N) is 3. The lowest BCUT2D eigenvalue weighted by atomic mass is 9.90. The van der Waals surface area contributed by atoms with E-state index in [4.69, 9.17) is 4.74 Å². The number of fused-ring (bicyclic) bond motifs is 1. The number of hydrogen-bond donors (Lipinski definition) is 0. The molecule has 0 spiro atoms. The molecule has 1 aliphatic heterocycles. The van der Waals surface area contributed by atoms with Crippen LogP contribution in [0.5, 0.6) is 5.88 Å². The van der Waals surface area contributed by atoms with E-state index in [1.165, 1.54) is 24.8 Å². The van der Waals surface area contributed by atoms with Crippen LogP contribution in [0.4, 0.5) is 0 Å². The largest absolute Gasteiger partial charge is 0.476 e. The summed E-state index contributed by atoms with van der Waals surface area (Å²) in [6.07, 6.45) is 5.32. The maximum absolute atomic E-state index is 5.95. The lowest BCUT2D eigenvalue weighted by molar-refractivity contribution is 0.153. The molecular formula is C22H25N3O. The van der Waals surface area contributed by atoms with Crippen LogP contribution in [0.15, 0.2) is 60.9 Å². The molecule has 4 nitrogen and oxygen atoms in total. The number of para-hydroxylation sites is 1. The minimum Gasteiger partial charge on any atom is -0.476 e. The van der Waals surface area contributed by atoms with Gasteiger partial charge in [0.2, 0.25) is 5.88 Å². The molecule has 4 heteroatoms. The predicted octanol–water partition coefficient (Wildman–Crippen LogP) is 3.96. The van der Waals surface area contributed by atoms with Gasteiger partial charge >= 0.3 is 0 Å². The summed E-state index contributed by atoms with van der Waals surface area (Å²) < 4.78 is 5.95. The van der Waals surface area contributed by atoms with E-state index in [9.17, 15) is 0 Å². The first-order chi connectivity index (χ1) is 12.9. The molecule has 134 valence electrons. The first kappa shape index (κ1) is 17.0. The van der Waals surface area contributed by atoms with Crippen molar-refractivity contribution < 1.29 is 4.74 Å². The highest BCUT2D eigenvalue weighted by Gasteiger charge is 2.19. The molecule has 3 aromatic rings. The summed E-state index contributed by atoms with van der Waals surface area (Å²) in [4.78, 5) is 11.1. The monoisotopic (exact) mass is 347 g/mol. The molecule has 1 saturated heterocycles. The number of piperidine rings is 1. The van der Waals surface area contributed by atoms with Gasteiger partial charge in [0.25, 0.3) is 0 Å². The highest BCUT2D eigenvalue weighted by atomic mass is 16.5. The van der Waals surface area contributed by atoms with Crippen molar-refractivity contribution in [3.05, 3.63) is 66.5 Å². The summed E-state index contributed by atoms with van der Waals surface area (Å²) in [5, 5.41) is 0.983. The van der Waals surface area contributed by atoms with Crippen molar-refractivity contribution in [1.82, 2.24) is 14.9 Å². The Morgan fingerprint density at radius 1 is 0.923 bits per heavy atom. The van der Waals surface area contributed by atoms with Crippen molar-refractivity contribution in [3.63, 3.8) is 0 Å². The molecule has 0 bridgehead atoms. The quantitative estimate of drug-likeness (QED) is 0.676. The second-order valence-corrected chi connectivity index (χ2v) is 7.02. The van der Waals surface area contributed by atoms with E-state index in [0.717, 1.165) is 36.5 Å². The number of hydrogen-bond acceptors (Lipinski definition) is 4. The van der Waals surface area contributed by atoms with Gasteiger partial charge in [0.15, 0.2) is 0 Å². The molecule has 2 aromatic carbocycles. The summed E-state index contributed by atoms with van der Waals surface area (Å²) >= 11 is 0. The summed E-state index contributed by atoms with van der Waals surface area (Å²) in [6.45, 7) is 3.94. The lowest BCUT2D eigenvalue weighted by Gasteiger charge is -2.31. The van der Waals surface area contributed by atoms with E-state index in [-0.39, 0.29) is 0 Å². The van der Waals surface area contributed by atoms with E-state index in [2.05, 4.69) is 45.2 Å². The minimum atomic E-state index is 0.671. The topological polar surface area (TPSA) is 38.2 Å². The molecule has 0 unspecified atom stereocenters. The molecule has 2 heterocycles. The lowest BCUT2D eigenvalue weighted by Crippen LogP contribution is -2.37. The zero-order valence-electron chi connectivity index (χ0n) is 15.1. The second kappa shape index (κ2) is 8.28. The molecule has 1 fully saturated rings. The molecule has 0 radical (unpaired) electrons. The Bertz CT molecular complexity index is 824. The molecule has 0 N–H and O–H groups in total. The first-order valence-corrected chi connectivity index (χ1v) is 9.47. The molecule has 4 rings (SSSR count). The van der Waals surface area contributed by atoms with Crippen molar-refractivity contribution in [2.24, 2.45) is 5.92 Å². The molecule has 1 aliphatic rings. The Hall–Kier alpha value is -2.46. The number of benzene rings is 2. The molecule has 1 aromatic heterocycles. The second-order valence-electron chi connectivity index (χ2n) is 7.02. The van der Waals surface area contributed by atoms with Gasteiger partial charge in [-0.15, -0.1) is 0 Å². The van der Waals surface area contributed by atoms with E-state index < -0.39 is 0 Å².